The molecule has 1 atom stereocenters. The second-order valence-corrected chi connectivity index (χ2v) is 5.36. The fraction of sp³-hybridized carbons (Fsp3) is 0.692. The molecule has 1 aromatic rings. The van der Waals surface area contributed by atoms with Gasteiger partial charge in [0.2, 0.25) is 0 Å². The minimum Gasteiger partial charge on any atom is -0.380 e. The zero-order chi connectivity index (χ0) is 13.1. The van der Waals surface area contributed by atoms with Crippen molar-refractivity contribution < 1.29 is 9.53 Å². The van der Waals surface area contributed by atoms with Gasteiger partial charge in [-0.3, -0.25) is 9.48 Å². The van der Waals surface area contributed by atoms with E-state index in [4.69, 9.17) is 4.74 Å². The first-order valence-electron chi connectivity index (χ1n) is 6.51. The van der Waals surface area contributed by atoms with Crippen LogP contribution >= 0.6 is 15.9 Å². The Morgan fingerprint density at radius 3 is 2.89 bits per heavy atom. The van der Waals surface area contributed by atoms with Crippen molar-refractivity contribution in [2.24, 2.45) is 5.92 Å². The maximum atomic E-state index is 11.9. The van der Waals surface area contributed by atoms with Crippen LogP contribution in [0.15, 0.2) is 4.47 Å². The van der Waals surface area contributed by atoms with Gasteiger partial charge in [0, 0.05) is 25.3 Å². The van der Waals surface area contributed by atoms with Crippen LogP contribution < -0.4 is 0 Å². The molecule has 5 heteroatoms. The van der Waals surface area contributed by atoms with Gasteiger partial charge in [-0.05, 0) is 29.3 Å². The highest BCUT2D eigenvalue weighted by atomic mass is 79.9. The Kier molecular flexibility index (Phi) is 4.56. The molecule has 4 nitrogen and oxygen atoms in total. The van der Waals surface area contributed by atoms with E-state index in [0.717, 1.165) is 35.2 Å². The lowest BCUT2D eigenvalue weighted by molar-refractivity contribution is -0.130. The van der Waals surface area contributed by atoms with Crippen LogP contribution in [-0.2, 0) is 28.9 Å². The lowest BCUT2D eigenvalue weighted by Gasteiger charge is -2.21. The van der Waals surface area contributed by atoms with E-state index in [2.05, 4.69) is 34.9 Å². The van der Waals surface area contributed by atoms with Gasteiger partial charge in [-0.2, -0.15) is 5.10 Å². The largest absolute Gasteiger partial charge is 0.380 e. The van der Waals surface area contributed by atoms with Gasteiger partial charge < -0.3 is 4.74 Å². The molecular formula is C13H19BrN2O2. The summed E-state index contributed by atoms with van der Waals surface area (Å²) in [4.78, 5) is 11.9. The Labute approximate surface area is 116 Å². The van der Waals surface area contributed by atoms with Gasteiger partial charge in [-0.25, -0.2) is 0 Å². The maximum Gasteiger partial charge on any atom is 0.140 e. The Bertz CT molecular complexity index is 442. The number of hydrogen-bond acceptors (Lipinski definition) is 3. The monoisotopic (exact) mass is 314 g/mol. The van der Waals surface area contributed by atoms with E-state index in [1.807, 2.05) is 4.68 Å². The second-order valence-electron chi connectivity index (χ2n) is 4.57. The first kappa shape index (κ1) is 13.7. The third kappa shape index (κ3) is 2.67. The number of nitrogens with zero attached hydrogens (tertiary/aromatic N) is 2. The molecule has 1 saturated heterocycles. The summed E-state index contributed by atoms with van der Waals surface area (Å²) < 4.78 is 8.46. The molecule has 0 bridgehead atoms. The molecule has 2 rings (SSSR count). The number of ether oxygens (including phenoxy) is 1. The maximum absolute atomic E-state index is 11.9. The molecule has 100 valence electrons. The molecule has 0 aliphatic carbocycles. The first-order chi connectivity index (χ1) is 8.67. The van der Waals surface area contributed by atoms with Crippen LogP contribution in [0.1, 0.15) is 31.7 Å². The SMILES string of the molecule is CCc1nn(CC)c(CC2COCCC2=O)c1Br. The molecule has 1 fully saturated rings. The summed E-state index contributed by atoms with van der Waals surface area (Å²) >= 11 is 3.61. The fourth-order valence-corrected chi connectivity index (χ4v) is 3.04. The van der Waals surface area contributed by atoms with Crippen molar-refractivity contribution in [3.8, 4) is 0 Å². The summed E-state index contributed by atoms with van der Waals surface area (Å²) in [6, 6.07) is 0. The van der Waals surface area contributed by atoms with Gasteiger partial charge in [0.25, 0.3) is 0 Å². The summed E-state index contributed by atoms with van der Waals surface area (Å²) in [5, 5.41) is 4.55. The van der Waals surface area contributed by atoms with Gasteiger partial charge in [-0.1, -0.05) is 6.92 Å². The smallest absolute Gasteiger partial charge is 0.140 e. The summed E-state index contributed by atoms with van der Waals surface area (Å²) in [7, 11) is 0. The molecule has 1 aromatic heterocycles. The van der Waals surface area contributed by atoms with E-state index < -0.39 is 0 Å². The Morgan fingerprint density at radius 2 is 2.28 bits per heavy atom. The molecule has 0 N–H and O–H groups in total. The fourth-order valence-electron chi connectivity index (χ4n) is 2.31. The van der Waals surface area contributed by atoms with Gasteiger partial charge in [0.05, 0.1) is 29.1 Å². The topological polar surface area (TPSA) is 44.1 Å². The van der Waals surface area contributed by atoms with Crippen molar-refractivity contribution in [3.63, 3.8) is 0 Å². The molecule has 2 heterocycles. The van der Waals surface area contributed by atoms with Crippen molar-refractivity contribution in [3.05, 3.63) is 15.9 Å². The van der Waals surface area contributed by atoms with E-state index >= 15 is 0 Å². The third-order valence-electron chi connectivity index (χ3n) is 3.40. The molecule has 0 radical (unpaired) electrons. The normalized spacial score (nSPS) is 20.4. The van der Waals surface area contributed by atoms with E-state index in [0.29, 0.717) is 25.4 Å². The molecule has 0 saturated carbocycles. The predicted octanol–water partition coefficient (Wildman–Crippen LogP) is 2.38. The zero-order valence-electron chi connectivity index (χ0n) is 10.9. The van der Waals surface area contributed by atoms with Gasteiger partial charge in [0.15, 0.2) is 0 Å². The average molecular weight is 315 g/mol. The van der Waals surface area contributed by atoms with Crippen molar-refractivity contribution in [2.75, 3.05) is 13.2 Å². The lowest BCUT2D eigenvalue weighted by atomic mass is 9.95. The van der Waals surface area contributed by atoms with Crippen LogP contribution in [0.3, 0.4) is 0 Å². The highest BCUT2D eigenvalue weighted by molar-refractivity contribution is 9.10. The predicted molar refractivity (Wildman–Crippen MR) is 72.6 cm³/mol. The van der Waals surface area contributed by atoms with Crippen LogP contribution in [0.25, 0.3) is 0 Å². The first-order valence-corrected chi connectivity index (χ1v) is 7.31. The number of hydrogen-bond donors (Lipinski definition) is 0. The highest BCUT2D eigenvalue weighted by Crippen LogP contribution is 2.26. The summed E-state index contributed by atoms with van der Waals surface area (Å²) in [5.74, 6) is 0.303. The van der Waals surface area contributed by atoms with Crippen molar-refractivity contribution in [1.29, 1.82) is 0 Å². The number of rotatable bonds is 4. The van der Waals surface area contributed by atoms with Crippen LogP contribution in [0, 0.1) is 5.92 Å². The van der Waals surface area contributed by atoms with Gasteiger partial charge >= 0.3 is 0 Å². The molecular weight excluding hydrogens is 296 g/mol. The standard InChI is InChI=1S/C13H19BrN2O2/c1-3-10-13(14)11(16(4-2)15-10)7-9-8-18-6-5-12(9)17/h9H,3-8H2,1-2H3. The third-order valence-corrected chi connectivity index (χ3v) is 4.32. The molecule has 0 aromatic carbocycles. The van der Waals surface area contributed by atoms with Crippen LogP contribution in [0.4, 0.5) is 0 Å². The van der Waals surface area contributed by atoms with Crippen LogP contribution in [-0.4, -0.2) is 28.8 Å². The summed E-state index contributed by atoms with van der Waals surface area (Å²) in [6.07, 6.45) is 2.17. The number of aryl methyl sites for hydroxylation is 2. The number of carbonyl (C=O) groups is 1. The van der Waals surface area contributed by atoms with Crippen molar-refractivity contribution >= 4 is 21.7 Å². The quantitative estimate of drug-likeness (QED) is 0.857. The molecule has 0 amide bonds. The number of Topliss-reactive ketones (excluding diaryl/α,β-unsaturated/α-hetero) is 1. The van der Waals surface area contributed by atoms with E-state index in [1.54, 1.807) is 0 Å². The number of carbonyl (C=O) groups excluding carboxylic acids is 1. The summed E-state index contributed by atoms with van der Waals surface area (Å²) in [5.41, 5.74) is 2.19. The summed E-state index contributed by atoms with van der Waals surface area (Å²) in [6.45, 7) is 6.11. The molecule has 1 unspecified atom stereocenters. The number of ketones is 1. The molecule has 1 aliphatic heterocycles. The zero-order valence-corrected chi connectivity index (χ0v) is 12.5. The van der Waals surface area contributed by atoms with Crippen LogP contribution in [0.5, 0.6) is 0 Å². The molecule has 18 heavy (non-hydrogen) atoms. The molecule has 1 aliphatic rings. The van der Waals surface area contributed by atoms with Gasteiger partial charge in [-0.15, -0.1) is 0 Å². The Morgan fingerprint density at radius 1 is 1.50 bits per heavy atom. The number of aromatic nitrogens is 2. The highest BCUT2D eigenvalue weighted by Gasteiger charge is 2.26. The average Bonchev–Trinajstić information content (AvgIpc) is 2.69. The van der Waals surface area contributed by atoms with E-state index in [1.165, 1.54) is 0 Å². The second kappa shape index (κ2) is 5.97. The minimum atomic E-state index is -0.0123. The molecule has 0 spiro atoms. The lowest BCUT2D eigenvalue weighted by Crippen LogP contribution is -2.30. The van der Waals surface area contributed by atoms with Crippen LogP contribution in [0.2, 0.25) is 0 Å². The minimum absolute atomic E-state index is 0.0123. The van der Waals surface area contributed by atoms with Crippen molar-refractivity contribution in [1.82, 2.24) is 9.78 Å². The van der Waals surface area contributed by atoms with E-state index in [9.17, 15) is 4.79 Å². The number of halogens is 1. The Hall–Kier alpha value is -0.680. The van der Waals surface area contributed by atoms with E-state index in [-0.39, 0.29) is 5.92 Å². The van der Waals surface area contributed by atoms with Gasteiger partial charge in [0.1, 0.15) is 5.78 Å². The Balaban J connectivity index is 2.21. The van der Waals surface area contributed by atoms with Crippen molar-refractivity contribution in [2.45, 2.75) is 39.7 Å².